The van der Waals surface area contributed by atoms with E-state index in [0.29, 0.717) is 12.8 Å². The maximum atomic E-state index is 13.5. The second-order valence-electron chi connectivity index (χ2n) is 8.72. The number of alkyl halides is 3. The lowest BCUT2D eigenvalue weighted by Gasteiger charge is -2.40. The van der Waals surface area contributed by atoms with E-state index >= 15 is 0 Å². The van der Waals surface area contributed by atoms with Gasteiger partial charge in [-0.2, -0.15) is 18.4 Å². The number of rotatable bonds is 4. The Morgan fingerprint density at radius 1 is 1.17 bits per heavy atom. The molecule has 2 aromatic rings. The molecule has 2 aliphatic rings. The number of hydrogen-bond acceptors (Lipinski definition) is 4. The van der Waals surface area contributed by atoms with Gasteiger partial charge in [-0.15, -0.1) is 0 Å². The summed E-state index contributed by atoms with van der Waals surface area (Å²) in [6.07, 6.45) is -2.91. The highest BCUT2D eigenvalue weighted by Crippen LogP contribution is 2.43. The minimum atomic E-state index is -4.63. The Bertz CT molecular complexity index is 1460. The van der Waals surface area contributed by atoms with Gasteiger partial charge in [0, 0.05) is 18.4 Å². The van der Waals surface area contributed by atoms with E-state index in [1.165, 1.54) is 44.3 Å². The zero-order valence-electron chi connectivity index (χ0n) is 19.4. The van der Waals surface area contributed by atoms with Gasteiger partial charge in [-0.05, 0) is 55.7 Å². The van der Waals surface area contributed by atoms with E-state index in [4.69, 9.17) is 6.57 Å². The van der Waals surface area contributed by atoms with Crippen LogP contribution in [-0.2, 0) is 16.0 Å². The molecule has 36 heavy (non-hydrogen) atoms. The molecule has 1 aliphatic heterocycles. The molecular weight excluding hydrogens is 493 g/mol. The summed E-state index contributed by atoms with van der Waals surface area (Å²) in [6, 6.07) is 8.43. The van der Waals surface area contributed by atoms with Gasteiger partial charge in [0.1, 0.15) is 0 Å². The predicted octanol–water partition coefficient (Wildman–Crippen LogP) is 5.67. The van der Waals surface area contributed by atoms with Gasteiger partial charge in [-0.1, -0.05) is 18.6 Å². The number of carbonyl (C=O) groups is 1. The second kappa shape index (κ2) is 8.99. The van der Waals surface area contributed by atoms with Gasteiger partial charge in [-0.3, -0.25) is 4.90 Å². The Morgan fingerprint density at radius 3 is 2.42 bits per heavy atom. The Labute approximate surface area is 206 Å². The van der Waals surface area contributed by atoms with Gasteiger partial charge in [-0.25, -0.2) is 18.1 Å². The third kappa shape index (κ3) is 4.10. The lowest BCUT2D eigenvalue weighted by molar-refractivity contribution is -0.137. The maximum absolute atomic E-state index is 13.5. The fraction of sp³-hybridized carbons (Fsp3) is 0.320. The van der Waals surface area contributed by atoms with Crippen molar-refractivity contribution in [1.82, 2.24) is 4.90 Å². The molecule has 0 unspecified atom stereocenters. The summed E-state index contributed by atoms with van der Waals surface area (Å²) in [5, 5.41) is 8.75. The summed E-state index contributed by atoms with van der Waals surface area (Å²) in [4.78, 5) is 19.1. The van der Waals surface area contributed by atoms with E-state index in [1.54, 1.807) is 0 Å². The normalized spacial score (nSPS) is 19.1. The van der Waals surface area contributed by atoms with Crippen LogP contribution in [0.4, 0.5) is 23.7 Å². The topological polar surface area (TPSA) is 85.8 Å². The van der Waals surface area contributed by atoms with Crippen molar-refractivity contribution >= 4 is 21.6 Å². The van der Waals surface area contributed by atoms with Crippen molar-refractivity contribution in [3.63, 3.8) is 0 Å². The van der Waals surface area contributed by atoms with Crippen LogP contribution < -0.4 is 4.90 Å². The molecule has 4 rings (SSSR count). The van der Waals surface area contributed by atoms with Crippen LogP contribution in [0, 0.1) is 17.9 Å². The smallest absolute Gasteiger partial charge is 0.325 e. The average Bonchev–Trinajstić information content (AvgIpc) is 2.79. The van der Waals surface area contributed by atoms with E-state index in [2.05, 4.69) is 4.85 Å². The SMILES string of the molecule is [C-]#[N+]C1=C(C)N(c2cccc(C(F)(F)F)c2)C(=O)N(C)[C@@H]1c1ccc(C#N)cc1S(=O)(=O)C1CCC1. The molecule has 0 aromatic heterocycles. The first-order valence-electron chi connectivity index (χ1n) is 11.0. The van der Waals surface area contributed by atoms with E-state index < -0.39 is 38.9 Å². The summed E-state index contributed by atoms with van der Waals surface area (Å²) in [5.41, 5.74) is -0.641. The zero-order chi connectivity index (χ0) is 26.4. The van der Waals surface area contributed by atoms with E-state index in [1.807, 2.05) is 6.07 Å². The van der Waals surface area contributed by atoms with Crippen LogP contribution in [0.3, 0.4) is 0 Å². The molecule has 1 fully saturated rings. The molecule has 7 nitrogen and oxygen atoms in total. The van der Waals surface area contributed by atoms with Gasteiger partial charge >= 0.3 is 12.2 Å². The van der Waals surface area contributed by atoms with Gasteiger partial charge in [0.15, 0.2) is 9.84 Å². The standard InChI is InChI=1S/C25H21F3N4O3S/c1-15-22(30-2)23(20-11-10-16(14-29)12-21(20)36(34,35)19-8-5-9-19)31(3)24(33)32(15)18-7-4-6-17(13-18)25(26,27)28/h4,6-7,10-13,19,23H,5,8-9H2,1,3H3/t23-/m1/s1. The summed E-state index contributed by atoms with van der Waals surface area (Å²) < 4.78 is 66.7. The number of hydrogen-bond donors (Lipinski definition) is 0. The average molecular weight is 515 g/mol. The summed E-state index contributed by atoms with van der Waals surface area (Å²) in [7, 11) is -2.48. The molecule has 186 valence electrons. The summed E-state index contributed by atoms with van der Waals surface area (Å²) in [5.74, 6) is 0. The number of nitrogens with zero attached hydrogens (tertiary/aromatic N) is 4. The molecule has 0 saturated heterocycles. The predicted molar refractivity (Wildman–Crippen MR) is 125 cm³/mol. The highest BCUT2D eigenvalue weighted by Gasteiger charge is 2.43. The maximum Gasteiger partial charge on any atom is 0.416 e. The van der Waals surface area contributed by atoms with Crippen LogP contribution in [0.1, 0.15) is 48.9 Å². The number of sulfone groups is 1. The molecule has 2 aromatic carbocycles. The molecule has 1 saturated carbocycles. The Kier molecular flexibility index (Phi) is 6.31. The second-order valence-corrected chi connectivity index (χ2v) is 10.9. The van der Waals surface area contributed by atoms with Crippen LogP contribution in [0.25, 0.3) is 4.85 Å². The fourth-order valence-electron chi connectivity index (χ4n) is 4.47. The van der Waals surface area contributed by atoms with Crippen molar-refractivity contribution in [3.05, 3.63) is 82.0 Å². The van der Waals surface area contributed by atoms with E-state index in [9.17, 15) is 31.6 Å². The summed E-state index contributed by atoms with van der Waals surface area (Å²) >= 11 is 0. The number of benzene rings is 2. The molecular formula is C25H21F3N4O3S. The van der Waals surface area contributed by atoms with E-state index in [0.717, 1.165) is 28.4 Å². The van der Waals surface area contributed by atoms with Crippen molar-refractivity contribution in [2.45, 2.75) is 48.5 Å². The number of allylic oxidation sites excluding steroid dienone is 1. The van der Waals surface area contributed by atoms with Gasteiger partial charge < -0.3 is 4.90 Å². The van der Waals surface area contributed by atoms with Crippen molar-refractivity contribution in [2.75, 3.05) is 11.9 Å². The first-order chi connectivity index (χ1) is 16.9. The monoisotopic (exact) mass is 514 g/mol. The Morgan fingerprint density at radius 2 is 1.86 bits per heavy atom. The first kappa shape index (κ1) is 25.3. The quantitative estimate of drug-likeness (QED) is 0.492. The van der Waals surface area contributed by atoms with Crippen molar-refractivity contribution in [1.29, 1.82) is 5.26 Å². The number of carbonyl (C=O) groups excluding carboxylic acids is 1. The largest absolute Gasteiger partial charge is 0.416 e. The third-order valence-electron chi connectivity index (χ3n) is 6.63. The molecule has 11 heteroatoms. The molecule has 1 aliphatic carbocycles. The van der Waals surface area contributed by atoms with Gasteiger partial charge in [0.2, 0.25) is 5.70 Å². The van der Waals surface area contributed by atoms with E-state index in [-0.39, 0.29) is 33.1 Å². The third-order valence-corrected chi connectivity index (χ3v) is 8.95. The van der Waals surface area contributed by atoms with Crippen LogP contribution in [0.15, 0.2) is 58.8 Å². The Balaban J connectivity index is 1.90. The molecule has 0 N–H and O–H groups in total. The van der Waals surface area contributed by atoms with Crippen LogP contribution in [0.5, 0.6) is 0 Å². The van der Waals surface area contributed by atoms with Gasteiger partial charge in [0.05, 0.1) is 40.0 Å². The number of urea groups is 1. The number of halogens is 3. The number of anilines is 1. The lowest BCUT2D eigenvalue weighted by atomic mass is 9.97. The number of nitriles is 1. The molecule has 1 atom stereocenters. The summed E-state index contributed by atoms with van der Waals surface area (Å²) in [6.45, 7) is 9.25. The zero-order valence-corrected chi connectivity index (χ0v) is 20.2. The molecule has 0 radical (unpaired) electrons. The highest BCUT2D eigenvalue weighted by atomic mass is 32.2. The van der Waals surface area contributed by atoms with Crippen molar-refractivity contribution in [2.24, 2.45) is 0 Å². The first-order valence-corrected chi connectivity index (χ1v) is 12.6. The lowest BCUT2D eigenvalue weighted by Crippen LogP contribution is -2.47. The van der Waals surface area contributed by atoms with Crippen molar-refractivity contribution < 1.29 is 26.4 Å². The highest BCUT2D eigenvalue weighted by molar-refractivity contribution is 7.92. The molecule has 0 bridgehead atoms. The molecule has 1 heterocycles. The molecule has 2 amide bonds. The fourth-order valence-corrected chi connectivity index (χ4v) is 6.58. The van der Waals surface area contributed by atoms with Crippen LogP contribution >= 0.6 is 0 Å². The number of amides is 2. The van der Waals surface area contributed by atoms with Crippen molar-refractivity contribution in [3.8, 4) is 6.07 Å². The van der Waals surface area contributed by atoms with Gasteiger partial charge in [0.25, 0.3) is 0 Å². The molecule has 0 spiro atoms. The van der Waals surface area contributed by atoms with Crippen LogP contribution in [-0.4, -0.2) is 31.6 Å². The Hall–Kier alpha value is -3.83. The minimum absolute atomic E-state index is 0.00993. The number of likely N-dealkylation sites (N-methyl/N-ethyl adjacent to an activating group) is 1. The van der Waals surface area contributed by atoms with Crippen LogP contribution in [0.2, 0.25) is 0 Å². The minimum Gasteiger partial charge on any atom is -0.325 e.